The molecule has 2 aliphatic rings. The Bertz CT molecular complexity index is 465. The van der Waals surface area contributed by atoms with Gasteiger partial charge in [0.25, 0.3) is 0 Å². The highest BCUT2D eigenvalue weighted by Gasteiger charge is 2.25. The summed E-state index contributed by atoms with van der Waals surface area (Å²) in [5.41, 5.74) is 2.22. The molecule has 0 radical (unpaired) electrons. The first kappa shape index (κ1) is 9.46. The quantitative estimate of drug-likeness (QED) is 0.819. The lowest BCUT2D eigenvalue weighted by molar-refractivity contribution is -0.114. The number of ketones is 1. The van der Waals surface area contributed by atoms with Crippen molar-refractivity contribution in [2.75, 3.05) is 6.61 Å². The van der Waals surface area contributed by atoms with Gasteiger partial charge in [0.15, 0.2) is 5.78 Å². The maximum Gasteiger partial charge on any atom is 0.157 e. The molecule has 0 bridgehead atoms. The second-order valence-electron chi connectivity index (χ2n) is 4.18. The van der Waals surface area contributed by atoms with E-state index in [4.69, 9.17) is 4.74 Å². The molecule has 0 spiro atoms. The van der Waals surface area contributed by atoms with Gasteiger partial charge in [-0.25, -0.2) is 0 Å². The SMILES string of the molecule is O=C1C=C(NC2COc3ccccc32)CC1. The predicted octanol–water partition coefficient (Wildman–Crippen LogP) is 1.96. The second kappa shape index (κ2) is 3.67. The molecule has 3 nitrogen and oxygen atoms in total. The number of fused-ring (bicyclic) bond motifs is 1. The van der Waals surface area contributed by atoms with E-state index in [0.29, 0.717) is 13.0 Å². The molecular formula is C13H13NO2. The van der Waals surface area contributed by atoms with Crippen molar-refractivity contribution in [1.82, 2.24) is 5.32 Å². The zero-order valence-electron chi connectivity index (χ0n) is 8.90. The minimum atomic E-state index is 0.188. The molecule has 0 aromatic heterocycles. The molecule has 1 aliphatic heterocycles. The molecule has 1 unspecified atom stereocenters. The Morgan fingerprint density at radius 3 is 2.94 bits per heavy atom. The number of hydrogen-bond donors (Lipinski definition) is 1. The summed E-state index contributed by atoms with van der Waals surface area (Å²) >= 11 is 0. The van der Waals surface area contributed by atoms with Gasteiger partial charge in [0.1, 0.15) is 12.4 Å². The average Bonchev–Trinajstić information content (AvgIpc) is 2.87. The monoisotopic (exact) mass is 215 g/mol. The molecular weight excluding hydrogens is 202 g/mol. The van der Waals surface area contributed by atoms with Gasteiger partial charge < -0.3 is 10.1 Å². The molecule has 1 aliphatic carbocycles. The van der Waals surface area contributed by atoms with E-state index in [0.717, 1.165) is 17.9 Å². The Balaban J connectivity index is 1.79. The Morgan fingerprint density at radius 2 is 2.12 bits per heavy atom. The predicted molar refractivity (Wildman–Crippen MR) is 60.1 cm³/mol. The smallest absolute Gasteiger partial charge is 0.157 e. The van der Waals surface area contributed by atoms with Gasteiger partial charge in [-0.1, -0.05) is 18.2 Å². The highest BCUT2D eigenvalue weighted by Crippen LogP contribution is 2.32. The first-order chi connectivity index (χ1) is 7.83. The fourth-order valence-corrected chi connectivity index (χ4v) is 2.22. The molecule has 1 atom stereocenters. The van der Waals surface area contributed by atoms with E-state index < -0.39 is 0 Å². The van der Waals surface area contributed by atoms with E-state index in [9.17, 15) is 4.79 Å². The normalized spacial score (nSPS) is 22.6. The van der Waals surface area contributed by atoms with Crippen LogP contribution in [0.25, 0.3) is 0 Å². The fraction of sp³-hybridized carbons (Fsp3) is 0.308. The number of benzene rings is 1. The minimum absolute atomic E-state index is 0.188. The number of carbonyl (C=O) groups excluding carboxylic acids is 1. The lowest BCUT2D eigenvalue weighted by atomic mass is 10.1. The molecule has 1 aromatic carbocycles. The molecule has 1 aromatic rings. The van der Waals surface area contributed by atoms with Crippen molar-refractivity contribution in [2.24, 2.45) is 0 Å². The maximum atomic E-state index is 11.1. The van der Waals surface area contributed by atoms with E-state index in [2.05, 4.69) is 11.4 Å². The summed E-state index contributed by atoms with van der Waals surface area (Å²) in [6.07, 6.45) is 3.18. The third-order valence-electron chi connectivity index (χ3n) is 3.04. The van der Waals surface area contributed by atoms with Gasteiger partial charge in [-0.05, 0) is 12.5 Å². The van der Waals surface area contributed by atoms with Gasteiger partial charge in [0.2, 0.25) is 0 Å². The summed E-state index contributed by atoms with van der Waals surface area (Å²) < 4.78 is 5.57. The lowest BCUT2D eigenvalue weighted by Crippen LogP contribution is -2.21. The summed E-state index contributed by atoms with van der Waals surface area (Å²) in [4.78, 5) is 11.1. The van der Waals surface area contributed by atoms with Crippen LogP contribution in [0.2, 0.25) is 0 Å². The first-order valence-corrected chi connectivity index (χ1v) is 5.54. The van der Waals surface area contributed by atoms with Gasteiger partial charge in [-0.3, -0.25) is 4.79 Å². The Morgan fingerprint density at radius 1 is 1.25 bits per heavy atom. The van der Waals surface area contributed by atoms with Crippen LogP contribution in [-0.4, -0.2) is 12.4 Å². The number of carbonyl (C=O) groups is 1. The van der Waals surface area contributed by atoms with Gasteiger partial charge >= 0.3 is 0 Å². The van der Waals surface area contributed by atoms with Crippen LogP contribution in [-0.2, 0) is 4.79 Å². The van der Waals surface area contributed by atoms with Crippen LogP contribution in [0.15, 0.2) is 36.0 Å². The minimum Gasteiger partial charge on any atom is -0.491 e. The number of rotatable bonds is 2. The molecule has 16 heavy (non-hydrogen) atoms. The first-order valence-electron chi connectivity index (χ1n) is 5.54. The average molecular weight is 215 g/mol. The number of allylic oxidation sites excluding steroid dienone is 2. The van der Waals surface area contributed by atoms with Gasteiger partial charge in [-0.15, -0.1) is 0 Å². The van der Waals surface area contributed by atoms with Crippen LogP contribution in [0.3, 0.4) is 0 Å². The second-order valence-corrected chi connectivity index (χ2v) is 4.18. The van der Waals surface area contributed by atoms with E-state index in [1.54, 1.807) is 6.08 Å². The zero-order chi connectivity index (χ0) is 11.0. The largest absolute Gasteiger partial charge is 0.491 e. The molecule has 0 amide bonds. The zero-order valence-corrected chi connectivity index (χ0v) is 8.90. The van der Waals surface area contributed by atoms with Crippen LogP contribution < -0.4 is 10.1 Å². The van der Waals surface area contributed by atoms with Crippen molar-refractivity contribution in [2.45, 2.75) is 18.9 Å². The van der Waals surface area contributed by atoms with Gasteiger partial charge in [-0.2, -0.15) is 0 Å². The number of para-hydroxylation sites is 1. The molecule has 0 saturated heterocycles. The molecule has 3 heteroatoms. The molecule has 82 valence electrons. The van der Waals surface area contributed by atoms with Crippen molar-refractivity contribution < 1.29 is 9.53 Å². The molecule has 1 heterocycles. The molecule has 1 N–H and O–H groups in total. The van der Waals surface area contributed by atoms with Crippen molar-refractivity contribution in [3.05, 3.63) is 41.6 Å². The summed E-state index contributed by atoms with van der Waals surface area (Å²) in [5, 5.41) is 3.38. The summed E-state index contributed by atoms with van der Waals surface area (Å²) in [7, 11) is 0. The number of hydrogen-bond acceptors (Lipinski definition) is 3. The van der Waals surface area contributed by atoms with E-state index in [-0.39, 0.29) is 11.8 Å². The molecule has 3 rings (SSSR count). The summed E-state index contributed by atoms with van der Waals surface area (Å²) in [5.74, 6) is 1.17. The van der Waals surface area contributed by atoms with Crippen molar-refractivity contribution >= 4 is 5.78 Å². The topological polar surface area (TPSA) is 38.3 Å². The highest BCUT2D eigenvalue weighted by molar-refractivity contribution is 5.92. The summed E-state index contributed by atoms with van der Waals surface area (Å²) in [6, 6.07) is 8.21. The Labute approximate surface area is 94.1 Å². The third kappa shape index (κ3) is 1.58. The van der Waals surface area contributed by atoms with Crippen LogP contribution in [0.1, 0.15) is 24.4 Å². The van der Waals surface area contributed by atoms with Crippen molar-refractivity contribution in [3.63, 3.8) is 0 Å². The highest BCUT2D eigenvalue weighted by atomic mass is 16.5. The maximum absolute atomic E-state index is 11.1. The van der Waals surface area contributed by atoms with Crippen LogP contribution in [0.4, 0.5) is 0 Å². The Kier molecular flexibility index (Phi) is 2.17. The van der Waals surface area contributed by atoms with Crippen molar-refractivity contribution in [3.8, 4) is 5.75 Å². The lowest BCUT2D eigenvalue weighted by Gasteiger charge is -2.13. The molecule has 0 saturated carbocycles. The van der Waals surface area contributed by atoms with Crippen LogP contribution >= 0.6 is 0 Å². The third-order valence-corrected chi connectivity index (χ3v) is 3.04. The van der Waals surface area contributed by atoms with E-state index in [1.165, 1.54) is 5.56 Å². The number of ether oxygens (including phenoxy) is 1. The van der Waals surface area contributed by atoms with Crippen LogP contribution in [0, 0.1) is 0 Å². The van der Waals surface area contributed by atoms with E-state index >= 15 is 0 Å². The van der Waals surface area contributed by atoms with Crippen molar-refractivity contribution in [1.29, 1.82) is 0 Å². The number of nitrogens with one attached hydrogen (secondary N) is 1. The molecule has 0 fully saturated rings. The Hall–Kier alpha value is -1.77. The van der Waals surface area contributed by atoms with E-state index in [1.807, 2.05) is 18.2 Å². The van der Waals surface area contributed by atoms with Gasteiger partial charge in [0.05, 0.1) is 6.04 Å². The fourth-order valence-electron chi connectivity index (χ4n) is 2.22. The summed E-state index contributed by atoms with van der Waals surface area (Å²) in [6.45, 7) is 0.644. The standard InChI is InChI=1S/C13H13NO2/c15-10-6-5-9(7-10)14-12-8-16-13-4-2-1-3-11(12)13/h1-4,7,12,14H,5-6,8H2. The van der Waals surface area contributed by atoms with Crippen LogP contribution in [0.5, 0.6) is 5.75 Å². The van der Waals surface area contributed by atoms with Gasteiger partial charge in [0, 0.05) is 23.8 Å².